The number of aryl methyl sites for hydroxylation is 3. The number of amides is 1. The number of hydrogen-bond donors (Lipinski definition) is 1. The van der Waals surface area contributed by atoms with E-state index in [0.717, 1.165) is 36.2 Å². The summed E-state index contributed by atoms with van der Waals surface area (Å²) >= 11 is 0. The molecule has 2 heterocycles. The van der Waals surface area contributed by atoms with Gasteiger partial charge in [0.05, 0.1) is 0 Å². The lowest BCUT2D eigenvalue weighted by molar-refractivity contribution is 0.0746. The van der Waals surface area contributed by atoms with Gasteiger partial charge < -0.3 is 10.2 Å². The Labute approximate surface area is 121 Å². The van der Waals surface area contributed by atoms with Crippen LogP contribution in [0.3, 0.4) is 0 Å². The van der Waals surface area contributed by atoms with Crippen molar-refractivity contribution in [3.63, 3.8) is 0 Å². The van der Waals surface area contributed by atoms with Gasteiger partial charge in [-0.3, -0.25) is 4.79 Å². The van der Waals surface area contributed by atoms with Gasteiger partial charge in [0.2, 0.25) is 0 Å². The van der Waals surface area contributed by atoms with Crippen molar-refractivity contribution in [1.29, 1.82) is 0 Å². The number of rotatable bonds is 1. The third-order valence-electron chi connectivity index (χ3n) is 4.70. The van der Waals surface area contributed by atoms with Gasteiger partial charge in [-0.15, -0.1) is 0 Å². The highest BCUT2D eigenvalue weighted by Gasteiger charge is 2.32. The second-order valence-electron chi connectivity index (χ2n) is 6.45. The molecule has 2 saturated heterocycles. The van der Waals surface area contributed by atoms with Gasteiger partial charge in [-0.05, 0) is 51.2 Å². The lowest BCUT2D eigenvalue weighted by atomic mass is 9.98. The first-order valence-corrected chi connectivity index (χ1v) is 7.68. The molecular formula is C17H24N2O. The highest BCUT2D eigenvalue weighted by atomic mass is 16.2. The number of carbonyl (C=O) groups is 1. The molecule has 0 radical (unpaired) electrons. The molecule has 0 aliphatic carbocycles. The first-order valence-electron chi connectivity index (χ1n) is 7.68. The van der Waals surface area contributed by atoms with Crippen molar-refractivity contribution in [1.82, 2.24) is 10.2 Å². The van der Waals surface area contributed by atoms with Crippen molar-refractivity contribution in [3.8, 4) is 0 Å². The zero-order chi connectivity index (χ0) is 14.3. The summed E-state index contributed by atoms with van der Waals surface area (Å²) in [6.07, 6.45) is 3.57. The summed E-state index contributed by atoms with van der Waals surface area (Å²) in [5.74, 6) is 0.217. The monoisotopic (exact) mass is 272 g/mol. The summed E-state index contributed by atoms with van der Waals surface area (Å²) in [5.41, 5.74) is 4.35. The summed E-state index contributed by atoms with van der Waals surface area (Å²) in [4.78, 5) is 14.9. The Kier molecular flexibility index (Phi) is 3.55. The normalized spacial score (nSPS) is 25.6. The van der Waals surface area contributed by atoms with E-state index in [2.05, 4.69) is 43.1 Å². The molecule has 2 aliphatic heterocycles. The molecule has 20 heavy (non-hydrogen) atoms. The number of fused-ring (bicyclic) bond motifs is 2. The van der Waals surface area contributed by atoms with E-state index in [1.54, 1.807) is 0 Å². The van der Waals surface area contributed by atoms with Crippen molar-refractivity contribution < 1.29 is 4.79 Å². The minimum absolute atomic E-state index is 0.217. The van der Waals surface area contributed by atoms with Crippen molar-refractivity contribution in [3.05, 3.63) is 34.4 Å². The van der Waals surface area contributed by atoms with E-state index in [0.29, 0.717) is 12.1 Å². The van der Waals surface area contributed by atoms with Gasteiger partial charge in [0, 0.05) is 30.7 Å². The molecule has 2 unspecified atom stereocenters. The molecule has 2 aliphatic rings. The van der Waals surface area contributed by atoms with Crippen LogP contribution in [-0.4, -0.2) is 36.0 Å². The minimum Gasteiger partial charge on any atom is -0.337 e. The highest BCUT2D eigenvalue weighted by molar-refractivity contribution is 5.97. The maximum Gasteiger partial charge on any atom is 0.254 e. The van der Waals surface area contributed by atoms with E-state index in [1.807, 2.05) is 0 Å². The van der Waals surface area contributed by atoms with Gasteiger partial charge in [-0.1, -0.05) is 17.7 Å². The number of nitrogens with zero attached hydrogens (tertiary/aromatic N) is 1. The third-order valence-corrected chi connectivity index (χ3v) is 4.70. The maximum atomic E-state index is 12.9. The summed E-state index contributed by atoms with van der Waals surface area (Å²) < 4.78 is 0. The molecule has 3 heteroatoms. The maximum absolute atomic E-state index is 12.9. The standard InChI is InChI=1S/C17H24N2O/c1-11-8-12(2)16(13(3)9-11)17(20)19-7-6-14-4-5-15(10-19)18-14/h8-9,14-15,18H,4-7,10H2,1-3H3. The molecule has 0 saturated carbocycles. The SMILES string of the molecule is Cc1cc(C)c(C(=O)N2CCC3CCC(C2)N3)c(C)c1. The molecule has 2 bridgehead atoms. The summed E-state index contributed by atoms with van der Waals surface area (Å²) in [6, 6.07) is 5.35. The Hall–Kier alpha value is -1.35. The van der Waals surface area contributed by atoms with Crippen LogP contribution in [0.25, 0.3) is 0 Å². The van der Waals surface area contributed by atoms with E-state index < -0.39 is 0 Å². The van der Waals surface area contributed by atoms with Crippen LogP contribution in [-0.2, 0) is 0 Å². The van der Waals surface area contributed by atoms with Gasteiger partial charge in [-0.25, -0.2) is 0 Å². The topological polar surface area (TPSA) is 32.3 Å². The van der Waals surface area contributed by atoms with Gasteiger partial charge in [0.15, 0.2) is 0 Å². The van der Waals surface area contributed by atoms with Crippen LogP contribution in [0.5, 0.6) is 0 Å². The smallest absolute Gasteiger partial charge is 0.254 e. The fourth-order valence-corrected chi connectivity index (χ4v) is 3.80. The fraction of sp³-hybridized carbons (Fsp3) is 0.588. The van der Waals surface area contributed by atoms with Crippen LogP contribution >= 0.6 is 0 Å². The molecule has 2 fully saturated rings. The molecule has 0 aromatic heterocycles. The molecule has 1 amide bonds. The van der Waals surface area contributed by atoms with Crippen LogP contribution in [0.15, 0.2) is 12.1 Å². The minimum atomic E-state index is 0.217. The number of likely N-dealkylation sites (tertiary alicyclic amines) is 1. The number of carbonyl (C=O) groups excluding carboxylic acids is 1. The molecule has 3 rings (SSSR count). The average molecular weight is 272 g/mol. The summed E-state index contributed by atoms with van der Waals surface area (Å²) in [7, 11) is 0. The molecule has 3 nitrogen and oxygen atoms in total. The van der Waals surface area contributed by atoms with Gasteiger partial charge in [0.25, 0.3) is 5.91 Å². The van der Waals surface area contributed by atoms with E-state index in [1.165, 1.54) is 18.4 Å². The molecule has 2 atom stereocenters. The van der Waals surface area contributed by atoms with E-state index in [4.69, 9.17) is 0 Å². The van der Waals surface area contributed by atoms with Crippen LogP contribution < -0.4 is 5.32 Å². The summed E-state index contributed by atoms with van der Waals surface area (Å²) in [6.45, 7) is 7.94. The van der Waals surface area contributed by atoms with Crippen molar-refractivity contribution in [2.24, 2.45) is 0 Å². The number of benzene rings is 1. The van der Waals surface area contributed by atoms with Crippen molar-refractivity contribution in [2.75, 3.05) is 13.1 Å². The Bertz CT molecular complexity index is 515. The van der Waals surface area contributed by atoms with Crippen molar-refractivity contribution in [2.45, 2.75) is 52.1 Å². The largest absolute Gasteiger partial charge is 0.337 e. The first kappa shape index (κ1) is 13.6. The molecule has 1 aromatic rings. The number of nitrogens with one attached hydrogen (secondary N) is 1. The molecule has 1 aromatic carbocycles. The molecule has 1 N–H and O–H groups in total. The quantitative estimate of drug-likeness (QED) is 0.852. The van der Waals surface area contributed by atoms with Crippen LogP contribution in [0.2, 0.25) is 0 Å². The van der Waals surface area contributed by atoms with E-state index >= 15 is 0 Å². The third kappa shape index (κ3) is 2.47. The second-order valence-corrected chi connectivity index (χ2v) is 6.45. The Balaban J connectivity index is 1.85. The zero-order valence-electron chi connectivity index (χ0n) is 12.7. The van der Waals surface area contributed by atoms with Gasteiger partial charge in [0.1, 0.15) is 0 Å². The lowest BCUT2D eigenvalue weighted by Crippen LogP contribution is -2.39. The second kappa shape index (κ2) is 5.21. The lowest BCUT2D eigenvalue weighted by Gasteiger charge is -2.26. The Morgan fingerprint density at radius 2 is 1.75 bits per heavy atom. The predicted octanol–water partition coefficient (Wildman–Crippen LogP) is 2.58. The summed E-state index contributed by atoms with van der Waals surface area (Å²) in [5, 5.41) is 3.63. The van der Waals surface area contributed by atoms with E-state index in [-0.39, 0.29) is 5.91 Å². The highest BCUT2D eigenvalue weighted by Crippen LogP contribution is 2.24. The Morgan fingerprint density at radius 3 is 2.45 bits per heavy atom. The van der Waals surface area contributed by atoms with Crippen LogP contribution in [0.4, 0.5) is 0 Å². The molecular weight excluding hydrogens is 248 g/mol. The van der Waals surface area contributed by atoms with Crippen LogP contribution in [0.1, 0.15) is 46.3 Å². The van der Waals surface area contributed by atoms with Crippen molar-refractivity contribution >= 4 is 5.91 Å². The molecule has 108 valence electrons. The first-order chi connectivity index (χ1) is 9.54. The zero-order valence-corrected chi connectivity index (χ0v) is 12.7. The van der Waals surface area contributed by atoms with Gasteiger partial charge in [-0.2, -0.15) is 0 Å². The average Bonchev–Trinajstić information content (AvgIpc) is 2.67. The number of hydrogen-bond acceptors (Lipinski definition) is 2. The molecule has 0 spiro atoms. The van der Waals surface area contributed by atoms with Gasteiger partial charge >= 0.3 is 0 Å². The van der Waals surface area contributed by atoms with Crippen LogP contribution in [0, 0.1) is 20.8 Å². The van der Waals surface area contributed by atoms with E-state index in [9.17, 15) is 4.79 Å². The Morgan fingerprint density at radius 1 is 1.10 bits per heavy atom. The fourth-order valence-electron chi connectivity index (χ4n) is 3.80. The predicted molar refractivity (Wildman–Crippen MR) is 81.1 cm³/mol.